The summed E-state index contributed by atoms with van der Waals surface area (Å²) in [5.74, 6) is 2.06. The maximum Gasteiger partial charge on any atom is -0.00149 e. The smallest absolute Gasteiger partial charge is 0.00149 e. The van der Waals surface area contributed by atoms with Crippen molar-refractivity contribution in [3.63, 3.8) is 0 Å². The van der Waals surface area contributed by atoms with Crippen LogP contribution in [-0.4, -0.2) is 26.2 Å². The molecular weight excluding hydrogens is 243 g/mol. The van der Waals surface area contributed by atoms with Crippen molar-refractivity contribution in [1.29, 1.82) is 0 Å². The van der Waals surface area contributed by atoms with Gasteiger partial charge in [-0.3, -0.25) is 0 Å². The molecule has 2 nitrogen and oxygen atoms in total. The number of halogens is 2. The number of hydrogen-bond acceptors (Lipinski definition) is 2. The average Bonchev–Trinajstić information content (AvgIpc) is 3.09. The molecule has 1 saturated heterocycles. The molecule has 3 aliphatic rings. The molecule has 3 rings (SSSR count). The summed E-state index contributed by atoms with van der Waals surface area (Å²) in [4.78, 5) is 0. The monoisotopic (exact) mass is 266 g/mol. The lowest BCUT2D eigenvalue weighted by Gasteiger charge is -2.23. The van der Waals surface area contributed by atoms with Gasteiger partial charge in [-0.05, 0) is 75.5 Å². The van der Waals surface area contributed by atoms with Crippen molar-refractivity contribution in [2.45, 2.75) is 32.1 Å². The third-order valence-electron chi connectivity index (χ3n) is 4.48. The summed E-state index contributed by atoms with van der Waals surface area (Å²) >= 11 is 0. The summed E-state index contributed by atoms with van der Waals surface area (Å²) in [6.07, 6.45) is 7.33. The van der Waals surface area contributed by atoms with Gasteiger partial charge in [0.1, 0.15) is 0 Å². The first-order valence-corrected chi connectivity index (χ1v) is 6.30. The van der Waals surface area contributed by atoms with Crippen LogP contribution in [0.2, 0.25) is 0 Å². The summed E-state index contributed by atoms with van der Waals surface area (Å²) in [5, 5.41) is 7.13. The molecule has 2 aliphatic carbocycles. The molecule has 0 aromatic rings. The Bertz CT molecular complexity index is 213. The van der Waals surface area contributed by atoms with Crippen LogP contribution >= 0.6 is 24.8 Å². The summed E-state index contributed by atoms with van der Waals surface area (Å²) in [6.45, 7) is 5.12. The van der Waals surface area contributed by atoms with Gasteiger partial charge in [-0.25, -0.2) is 0 Å². The summed E-state index contributed by atoms with van der Waals surface area (Å²) in [7, 11) is 0. The van der Waals surface area contributed by atoms with E-state index in [9.17, 15) is 0 Å². The van der Waals surface area contributed by atoms with Crippen LogP contribution in [0.4, 0.5) is 0 Å². The van der Waals surface area contributed by atoms with Crippen LogP contribution in [0.3, 0.4) is 0 Å². The van der Waals surface area contributed by atoms with Crippen molar-refractivity contribution in [2.24, 2.45) is 17.3 Å². The van der Waals surface area contributed by atoms with Gasteiger partial charge in [0.05, 0.1) is 0 Å². The molecule has 1 spiro atoms. The largest absolute Gasteiger partial charge is 0.317 e. The first kappa shape index (κ1) is 14.6. The van der Waals surface area contributed by atoms with E-state index in [2.05, 4.69) is 10.6 Å². The molecule has 0 amide bonds. The third kappa shape index (κ3) is 3.25. The Morgan fingerprint density at radius 1 is 1.06 bits per heavy atom. The maximum absolute atomic E-state index is 3.66. The molecule has 0 aromatic carbocycles. The van der Waals surface area contributed by atoms with Crippen LogP contribution < -0.4 is 10.6 Å². The Hall–Kier alpha value is 0.500. The molecule has 0 aromatic heterocycles. The van der Waals surface area contributed by atoms with E-state index in [0.29, 0.717) is 0 Å². The molecular formula is C12H24Cl2N2. The van der Waals surface area contributed by atoms with E-state index < -0.39 is 0 Å². The highest BCUT2D eigenvalue weighted by atomic mass is 35.5. The van der Waals surface area contributed by atoms with Gasteiger partial charge >= 0.3 is 0 Å². The second kappa shape index (κ2) is 5.90. The van der Waals surface area contributed by atoms with Gasteiger partial charge in [0.2, 0.25) is 0 Å². The highest BCUT2D eigenvalue weighted by Crippen LogP contribution is 2.58. The van der Waals surface area contributed by atoms with Crippen LogP contribution in [0.25, 0.3) is 0 Å². The fraction of sp³-hybridized carbons (Fsp3) is 1.00. The maximum atomic E-state index is 3.66. The van der Waals surface area contributed by atoms with E-state index >= 15 is 0 Å². The zero-order chi connectivity index (χ0) is 9.43. The van der Waals surface area contributed by atoms with Crippen molar-refractivity contribution in [3.05, 3.63) is 0 Å². The standard InChI is InChI=1S/C12H22N2.2ClH/c1-2-10(1)8-14-9-11-7-12(11)3-5-13-6-4-12;;/h10-11,13-14H,1-9H2;2*1H. The van der Waals surface area contributed by atoms with Gasteiger partial charge in [0.25, 0.3) is 0 Å². The molecule has 2 N–H and O–H groups in total. The van der Waals surface area contributed by atoms with Crippen LogP contribution in [0.15, 0.2) is 0 Å². The van der Waals surface area contributed by atoms with Crippen molar-refractivity contribution in [3.8, 4) is 0 Å². The fourth-order valence-electron chi connectivity index (χ4n) is 3.04. The second-order valence-electron chi connectivity index (χ2n) is 5.62. The molecule has 0 radical (unpaired) electrons. The van der Waals surface area contributed by atoms with Crippen LogP contribution in [-0.2, 0) is 0 Å². The van der Waals surface area contributed by atoms with Crippen molar-refractivity contribution < 1.29 is 0 Å². The van der Waals surface area contributed by atoms with Crippen molar-refractivity contribution >= 4 is 24.8 Å². The predicted molar refractivity (Wildman–Crippen MR) is 72.7 cm³/mol. The average molecular weight is 267 g/mol. The van der Waals surface area contributed by atoms with Crippen molar-refractivity contribution in [2.75, 3.05) is 26.2 Å². The first-order chi connectivity index (χ1) is 6.89. The van der Waals surface area contributed by atoms with E-state index in [0.717, 1.165) is 17.3 Å². The molecule has 16 heavy (non-hydrogen) atoms. The molecule has 1 unspecified atom stereocenters. The number of hydrogen-bond donors (Lipinski definition) is 2. The van der Waals surface area contributed by atoms with Gasteiger partial charge in [0, 0.05) is 0 Å². The minimum absolute atomic E-state index is 0. The van der Waals surface area contributed by atoms with E-state index in [1.165, 1.54) is 58.3 Å². The van der Waals surface area contributed by atoms with Gasteiger partial charge < -0.3 is 10.6 Å². The fourth-order valence-corrected chi connectivity index (χ4v) is 3.04. The molecule has 1 heterocycles. The van der Waals surface area contributed by atoms with E-state index in [1.54, 1.807) is 0 Å². The van der Waals surface area contributed by atoms with Crippen molar-refractivity contribution in [1.82, 2.24) is 10.6 Å². The Labute approximate surface area is 111 Å². The minimum Gasteiger partial charge on any atom is -0.317 e. The molecule has 4 heteroatoms. The predicted octanol–water partition coefficient (Wildman–Crippen LogP) is 2.22. The quantitative estimate of drug-likeness (QED) is 0.816. The Morgan fingerprint density at radius 2 is 1.75 bits per heavy atom. The van der Waals surface area contributed by atoms with E-state index in [4.69, 9.17) is 0 Å². The Morgan fingerprint density at radius 3 is 2.38 bits per heavy atom. The van der Waals surface area contributed by atoms with E-state index in [1.807, 2.05) is 0 Å². The lowest BCUT2D eigenvalue weighted by Crippen LogP contribution is -2.31. The van der Waals surface area contributed by atoms with Gasteiger partial charge in [-0.2, -0.15) is 0 Å². The molecule has 2 saturated carbocycles. The molecule has 0 bridgehead atoms. The highest BCUT2D eigenvalue weighted by molar-refractivity contribution is 5.85. The first-order valence-electron chi connectivity index (χ1n) is 6.30. The van der Waals surface area contributed by atoms with Crippen LogP contribution in [0.1, 0.15) is 32.1 Å². The number of rotatable bonds is 4. The topological polar surface area (TPSA) is 24.1 Å². The molecule has 3 fully saturated rings. The van der Waals surface area contributed by atoms with Crippen LogP contribution in [0.5, 0.6) is 0 Å². The van der Waals surface area contributed by atoms with E-state index in [-0.39, 0.29) is 24.8 Å². The second-order valence-corrected chi connectivity index (χ2v) is 5.62. The minimum atomic E-state index is 0. The molecule has 1 atom stereocenters. The summed E-state index contributed by atoms with van der Waals surface area (Å²) in [6, 6.07) is 0. The number of nitrogens with one attached hydrogen (secondary N) is 2. The SMILES string of the molecule is C1CC2(CCN1)CC2CNCC1CC1.Cl.Cl. The molecule has 96 valence electrons. The summed E-state index contributed by atoms with van der Waals surface area (Å²) in [5.41, 5.74) is 0.780. The Balaban J connectivity index is 0.000000640. The third-order valence-corrected chi connectivity index (χ3v) is 4.48. The lowest BCUT2D eigenvalue weighted by molar-refractivity contribution is 0.318. The van der Waals surface area contributed by atoms with Gasteiger partial charge in [-0.1, -0.05) is 0 Å². The van der Waals surface area contributed by atoms with Gasteiger partial charge in [0.15, 0.2) is 0 Å². The molecule has 1 aliphatic heterocycles. The lowest BCUT2D eigenvalue weighted by atomic mass is 9.92. The van der Waals surface area contributed by atoms with Gasteiger partial charge in [-0.15, -0.1) is 24.8 Å². The van der Waals surface area contributed by atoms with Crippen LogP contribution in [0, 0.1) is 17.3 Å². The number of piperidine rings is 1. The zero-order valence-corrected chi connectivity index (χ0v) is 11.5. The summed E-state index contributed by atoms with van der Waals surface area (Å²) < 4.78 is 0. The zero-order valence-electron chi connectivity index (χ0n) is 9.84. The highest BCUT2D eigenvalue weighted by Gasteiger charge is 2.53. The normalized spacial score (nSPS) is 30.4. The Kier molecular flexibility index (Phi) is 5.37.